The summed E-state index contributed by atoms with van der Waals surface area (Å²) in [6.07, 6.45) is -8.91. The molecule has 1 rings (SSSR count). The van der Waals surface area contributed by atoms with Gasteiger partial charge >= 0.3 is 24.3 Å². The van der Waals surface area contributed by atoms with E-state index in [1.54, 1.807) is 30.3 Å². The third-order valence-corrected chi connectivity index (χ3v) is 4.88. The lowest BCUT2D eigenvalue weighted by atomic mass is 9.96. The Morgan fingerprint density at radius 1 is 0.838 bits per heavy atom. The molecule has 0 amide bonds. The average Bonchev–Trinajstić information content (AvgIpc) is 2.82. The Bertz CT molecular complexity index is 855. The molecule has 0 aliphatic heterocycles. The quantitative estimate of drug-likeness (QED) is 0.192. The maximum Gasteiger partial charge on any atom is 0.428 e. The first-order chi connectivity index (χ1) is 17.2. The SMILES string of the molecule is C=CCCC(O)(C(=O)OCC)C(F)(F)F.C=CCCC(OCc1ccccc1)(C(=O)OCC)C(F)(F)F. The number of hydrogen-bond acceptors (Lipinski definition) is 6. The number of rotatable bonds is 13. The summed E-state index contributed by atoms with van der Waals surface area (Å²) in [6.45, 7) is 8.72. The number of ether oxygens (including phenoxy) is 3. The highest BCUT2D eigenvalue weighted by atomic mass is 19.4. The van der Waals surface area contributed by atoms with Crippen molar-refractivity contribution in [2.75, 3.05) is 13.2 Å². The Hall–Kier alpha value is -2.86. The molecule has 0 aliphatic rings. The van der Waals surface area contributed by atoms with Crippen LogP contribution in [0.5, 0.6) is 0 Å². The van der Waals surface area contributed by atoms with E-state index in [0.29, 0.717) is 5.56 Å². The minimum Gasteiger partial charge on any atom is -0.464 e. The minimum absolute atomic E-state index is 0.0207. The van der Waals surface area contributed by atoms with Gasteiger partial charge in [-0.15, -0.1) is 13.2 Å². The van der Waals surface area contributed by atoms with Gasteiger partial charge in [-0.2, -0.15) is 26.3 Å². The predicted octanol–water partition coefficient (Wildman–Crippen LogP) is 5.84. The van der Waals surface area contributed by atoms with Gasteiger partial charge in [0.05, 0.1) is 19.8 Å². The number of benzene rings is 1. The van der Waals surface area contributed by atoms with Crippen molar-refractivity contribution in [2.24, 2.45) is 0 Å². The average molecular weight is 543 g/mol. The summed E-state index contributed by atoms with van der Waals surface area (Å²) >= 11 is 0. The smallest absolute Gasteiger partial charge is 0.428 e. The van der Waals surface area contributed by atoms with E-state index in [0.717, 1.165) is 0 Å². The van der Waals surface area contributed by atoms with Gasteiger partial charge in [0.15, 0.2) is 0 Å². The van der Waals surface area contributed by atoms with E-state index in [2.05, 4.69) is 22.6 Å². The molecule has 0 fully saturated rings. The zero-order valence-corrected chi connectivity index (χ0v) is 20.7. The number of halogens is 6. The van der Waals surface area contributed by atoms with E-state index < -0.39 is 48.3 Å². The van der Waals surface area contributed by atoms with Crippen LogP contribution >= 0.6 is 0 Å². The zero-order chi connectivity index (χ0) is 28.8. The summed E-state index contributed by atoms with van der Waals surface area (Å²) < 4.78 is 91.6. The number of alkyl halides is 6. The van der Waals surface area contributed by atoms with Crippen molar-refractivity contribution in [3.63, 3.8) is 0 Å². The van der Waals surface area contributed by atoms with Crippen LogP contribution in [-0.2, 0) is 30.4 Å². The van der Waals surface area contributed by atoms with Gasteiger partial charge in [0.2, 0.25) is 0 Å². The van der Waals surface area contributed by atoms with Crippen molar-refractivity contribution in [1.82, 2.24) is 0 Å². The first-order valence-electron chi connectivity index (χ1n) is 11.3. The molecule has 2 unspecified atom stereocenters. The topological polar surface area (TPSA) is 82.1 Å². The van der Waals surface area contributed by atoms with Crippen molar-refractivity contribution in [3.8, 4) is 0 Å². The summed E-state index contributed by atoms with van der Waals surface area (Å²) in [4.78, 5) is 22.9. The lowest BCUT2D eigenvalue weighted by Gasteiger charge is -2.33. The van der Waals surface area contributed by atoms with Crippen LogP contribution in [-0.4, -0.2) is 53.8 Å². The van der Waals surface area contributed by atoms with Gasteiger partial charge in [0.25, 0.3) is 11.2 Å². The number of allylic oxidation sites excluding steroid dienone is 2. The molecule has 0 spiro atoms. The highest BCUT2D eigenvalue weighted by Crippen LogP contribution is 2.39. The van der Waals surface area contributed by atoms with Crippen LogP contribution in [0.1, 0.15) is 45.1 Å². The first kappa shape index (κ1) is 34.1. The fourth-order valence-electron chi connectivity index (χ4n) is 2.83. The molecule has 0 saturated carbocycles. The van der Waals surface area contributed by atoms with Crippen molar-refractivity contribution >= 4 is 11.9 Å². The van der Waals surface area contributed by atoms with E-state index in [1.807, 2.05) is 0 Å². The first-order valence-corrected chi connectivity index (χ1v) is 11.3. The molecule has 1 aromatic rings. The predicted molar refractivity (Wildman–Crippen MR) is 123 cm³/mol. The molecule has 0 radical (unpaired) electrons. The maximum atomic E-state index is 13.5. The Kier molecular flexibility index (Phi) is 14.2. The standard InChI is InChI=1S/C16H19F3O3.C9H13F3O3/c1-3-5-11-15(16(17,18)19,14(20)21-4-2)22-12-13-9-7-6-8-10-13;1-3-5-6-8(14,9(10,11)12)7(13)15-4-2/h3,6-10H,1,4-5,11-12H2,2H3;3,14H,1,4-6H2,2H3. The summed E-state index contributed by atoms with van der Waals surface area (Å²) in [5, 5.41) is 9.23. The van der Waals surface area contributed by atoms with E-state index in [9.17, 15) is 41.0 Å². The van der Waals surface area contributed by atoms with E-state index in [1.165, 1.54) is 26.0 Å². The molecule has 210 valence electrons. The molecule has 1 N–H and O–H groups in total. The van der Waals surface area contributed by atoms with Crippen LogP contribution in [0, 0.1) is 0 Å². The lowest BCUT2D eigenvalue weighted by Crippen LogP contribution is -2.55. The molecule has 0 aromatic heterocycles. The van der Waals surface area contributed by atoms with Crippen molar-refractivity contribution in [3.05, 3.63) is 61.2 Å². The van der Waals surface area contributed by atoms with Crippen molar-refractivity contribution in [1.29, 1.82) is 0 Å². The van der Waals surface area contributed by atoms with Gasteiger partial charge in [0.1, 0.15) is 0 Å². The molecule has 6 nitrogen and oxygen atoms in total. The fourth-order valence-corrected chi connectivity index (χ4v) is 2.83. The Labute approximate surface area is 211 Å². The summed E-state index contributed by atoms with van der Waals surface area (Å²) in [5.41, 5.74) is -5.87. The van der Waals surface area contributed by atoms with E-state index in [4.69, 9.17) is 4.74 Å². The minimum atomic E-state index is -5.04. The molecule has 2 atom stereocenters. The molecular weight excluding hydrogens is 510 g/mol. The number of carbonyl (C=O) groups is 2. The summed E-state index contributed by atoms with van der Waals surface area (Å²) in [5.74, 6) is -3.08. The van der Waals surface area contributed by atoms with Gasteiger partial charge < -0.3 is 19.3 Å². The van der Waals surface area contributed by atoms with Crippen LogP contribution in [0.4, 0.5) is 26.3 Å². The van der Waals surface area contributed by atoms with Crippen LogP contribution in [0.25, 0.3) is 0 Å². The van der Waals surface area contributed by atoms with Crippen LogP contribution in [0.3, 0.4) is 0 Å². The van der Waals surface area contributed by atoms with Crippen LogP contribution in [0.2, 0.25) is 0 Å². The highest BCUT2D eigenvalue weighted by molar-refractivity contribution is 5.81. The highest BCUT2D eigenvalue weighted by Gasteiger charge is 2.62. The fraction of sp³-hybridized carbons (Fsp3) is 0.520. The van der Waals surface area contributed by atoms with Gasteiger partial charge in [0, 0.05) is 0 Å². The van der Waals surface area contributed by atoms with Crippen molar-refractivity contribution in [2.45, 2.75) is 69.7 Å². The second-order valence-electron chi connectivity index (χ2n) is 7.55. The number of carbonyl (C=O) groups excluding carboxylic acids is 2. The van der Waals surface area contributed by atoms with Gasteiger partial charge in [-0.3, -0.25) is 0 Å². The molecular formula is C25H32F6O6. The van der Waals surface area contributed by atoms with Crippen molar-refractivity contribution < 1.29 is 55.2 Å². The molecule has 0 saturated heterocycles. The van der Waals surface area contributed by atoms with Crippen LogP contribution < -0.4 is 0 Å². The molecule has 12 heteroatoms. The normalized spacial score (nSPS) is 14.7. The largest absolute Gasteiger partial charge is 0.464 e. The Morgan fingerprint density at radius 3 is 1.76 bits per heavy atom. The van der Waals surface area contributed by atoms with Gasteiger partial charge in [-0.25, -0.2) is 9.59 Å². The van der Waals surface area contributed by atoms with E-state index >= 15 is 0 Å². The summed E-state index contributed by atoms with van der Waals surface area (Å²) in [7, 11) is 0. The second kappa shape index (κ2) is 15.4. The molecule has 0 bridgehead atoms. The van der Waals surface area contributed by atoms with E-state index in [-0.39, 0.29) is 32.7 Å². The number of esters is 2. The van der Waals surface area contributed by atoms with Gasteiger partial charge in [-0.05, 0) is 45.1 Å². The Morgan fingerprint density at radius 2 is 1.32 bits per heavy atom. The molecule has 37 heavy (non-hydrogen) atoms. The molecule has 0 aliphatic carbocycles. The molecule has 1 aromatic carbocycles. The zero-order valence-electron chi connectivity index (χ0n) is 20.7. The lowest BCUT2D eigenvalue weighted by molar-refractivity contribution is -0.282. The second-order valence-corrected chi connectivity index (χ2v) is 7.55. The summed E-state index contributed by atoms with van der Waals surface area (Å²) in [6, 6.07) is 8.35. The van der Waals surface area contributed by atoms with Crippen LogP contribution in [0.15, 0.2) is 55.6 Å². The monoisotopic (exact) mass is 542 g/mol. The Balaban J connectivity index is 0.000000757. The number of aliphatic hydroxyl groups is 1. The maximum absolute atomic E-state index is 13.5. The molecule has 0 heterocycles. The van der Waals surface area contributed by atoms with Gasteiger partial charge in [-0.1, -0.05) is 42.5 Å². The third kappa shape index (κ3) is 9.84. The number of hydrogen-bond donors (Lipinski definition) is 1. The third-order valence-electron chi connectivity index (χ3n) is 4.88.